The number of hydrogen-bond acceptors (Lipinski definition) is 5. The molecule has 0 aromatic heterocycles. The molecule has 0 spiro atoms. The van der Waals surface area contributed by atoms with Crippen molar-refractivity contribution in [1.82, 2.24) is 0 Å². The molecular weight excluding hydrogens is 258 g/mol. The molecule has 6 nitrogen and oxygen atoms in total. The summed E-state index contributed by atoms with van der Waals surface area (Å²) in [7, 11) is -2.48. The van der Waals surface area contributed by atoms with Crippen LogP contribution in [0.15, 0.2) is 23.1 Å². The van der Waals surface area contributed by atoms with Crippen molar-refractivity contribution in [1.29, 1.82) is 0 Å². The van der Waals surface area contributed by atoms with Crippen LogP contribution in [0.5, 0.6) is 5.75 Å². The smallest absolute Gasteiger partial charge is 0.324 e. The molecule has 2 atom stereocenters. The number of para-hydroxylation sites is 1. The van der Waals surface area contributed by atoms with Crippen LogP contribution in [0.1, 0.15) is 6.92 Å². The molecular formula is C11H13NO5S. The quantitative estimate of drug-likeness (QED) is 0.824. The summed E-state index contributed by atoms with van der Waals surface area (Å²) in [5, 5.41) is 10.4. The van der Waals surface area contributed by atoms with Gasteiger partial charge in [0.25, 0.3) is 0 Å². The molecule has 0 radical (unpaired) electrons. The van der Waals surface area contributed by atoms with Crippen LogP contribution in [0.2, 0.25) is 0 Å². The molecule has 0 saturated heterocycles. The molecule has 2 unspecified atom stereocenters. The lowest BCUT2D eigenvalue weighted by Gasteiger charge is -2.30. The predicted octanol–water partition coefficient (Wildman–Crippen LogP) is 0.736. The van der Waals surface area contributed by atoms with E-state index in [4.69, 9.17) is 9.84 Å². The molecule has 1 aromatic rings. The van der Waals surface area contributed by atoms with E-state index in [2.05, 4.69) is 5.32 Å². The molecule has 0 fully saturated rings. The predicted molar refractivity (Wildman–Crippen MR) is 64.7 cm³/mol. The van der Waals surface area contributed by atoms with E-state index in [9.17, 15) is 13.2 Å². The Kier molecular flexibility index (Phi) is 2.94. The zero-order valence-corrected chi connectivity index (χ0v) is 10.7. The van der Waals surface area contributed by atoms with Crippen molar-refractivity contribution in [2.45, 2.75) is 23.1 Å². The molecule has 98 valence electrons. The highest BCUT2D eigenvalue weighted by atomic mass is 32.2. The van der Waals surface area contributed by atoms with Gasteiger partial charge in [0.05, 0.1) is 23.7 Å². The van der Waals surface area contributed by atoms with Crippen molar-refractivity contribution in [3.63, 3.8) is 0 Å². The molecule has 0 bridgehead atoms. The lowest BCUT2D eigenvalue weighted by atomic mass is 10.2. The monoisotopic (exact) mass is 271 g/mol. The maximum atomic E-state index is 12.2. The van der Waals surface area contributed by atoms with Crippen molar-refractivity contribution in [2.24, 2.45) is 0 Å². The van der Waals surface area contributed by atoms with Gasteiger partial charge in [0, 0.05) is 0 Å². The van der Waals surface area contributed by atoms with E-state index >= 15 is 0 Å². The zero-order chi connectivity index (χ0) is 13.5. The van der Waals surface area contributed by atoms with E-state index in [1.807, 2.05) is 0 Å². The molecule has 1 heterocycles. The van der Waals surface area contributed by atoms with Crippen LogP contribution in [-0.4, -0.2) is 37.9 Å². The second kappa shape index (κ2) is 4.16. The molecule has 7 heteroatoms. The van der Waals surface area contributed by atoms with Gasteiger partial charge in [0.1, 0.15) is 5.75 Å². The van der Waals surface area contributed by atoms with Gasteiger partial charge in [-0.3, -0.25) is 4.79 Å². The van der Waals surface area contributed by atoms with E-state index in [0.717, 1.165) is 0 Å². The van der Waals surface area contributed by atoms with Gasteiger partial charge in [-0.15, -0.1) is 0 Å². The van der Waals surface area contributed by atoms with Gasteiger partial charge in [-0.1, -0.05) is 6.07 Å². The normalized spacial score (nSPS) is 24.8. The van der Waals surface area contributed by atoms with Crippen LogP contribution >= 0.6 is 0 Å². The number of benzene rings is 1. The van der Waals surface area contributed by atoms with Crippen LogP contribution in [0, 0.1) is 0 Å². The summed E-state index contributed by atoms with van der Waals surface area (Å²) in [6.07, 6.45) is 0. The summed E-state index contributed by atoms with van der Waals surface area (Å²) < 4.78 is 29.6. The minimum Gasteiger partial charge on any atom is -0.495 e. The highest BCUT2D eigenvalue weighted by Crippen LogP contribution is 2.38. The third-order valence-corrected chi connectivity index (χ3v) is 5.15. The molecule has 0 saturated carbocycles. The zero-order valence-electron chi connectivity index (χ0n) is 9.88. The van der Waals surface area contributed by atoms with Gasteiger partial charge in [0.15, 0.2) is 15.1 Å². The highest BCUT2D eigenvalue weighted by Gasteiger charge is 2.44. The molecule has 2 N–H and O–H groups in total. The molecule has 1 aromatic carbocycles. The fourth-order valence-corrected chi connectivity index (χ4v) is 3.97. The Labute approximate surface area is 104 Å². The van der Waals surface area contributed by atoms with Crippen LogP contribution in [-0.2, 0) is 14.6 Å². The number of anilines is 1. The maximum absolute atomic E-state index is 12.2. The summed E-state index contributed by atoms with van der Waals surface area (Å²) in [6.45, 7) is 1.52. The van der Waals surface area contributed by atoms with Crippen LogP contribution in [0.4, 0.5) is 5.69 Å². The Morgan fingerprint density at radius 2 is 2.11 bits per heavy atom. The molecule has 1 aliphatic rings. The van der Waals surface area contributed by atoms with Crippen LogP contribution in [0.3, 0.4) is 0 Å². The fourth-order valence-electron chi connectivity index (χ4n) is 2.12. The summed E-state index contributed by atoms with van der Waals surface area (Å²) in [4.78, 5) is 11.1. The van der Waals surface area contributed by atoms with Gasteiger partial charge >= 0.3 is 5.97 Å². The summed E-state index contributed by atoms with van der Waals surface area (Å²) >= 11 is 0. The average molecular weight is 271 g/mol. The Morgan fingerprint density at radius 1 is 1.44 bits per heavy atom. The first-order valence-electron chi connectivity index (χ1n) is 5.30. The molecule has 1 aliphatic heterocycles. The van der Waals surface area contributed by atoms with Gasteiger partial charge in [-0.05, 0) is 19.1 Å². The fraction of sp³-hybridized carbons (Fsp3) is 0.364. The van der Waals surface area contributed by atoms with Gasteiger partial charge in [0.2, 0.25) is 0 Å². The standard InChI is InChI=1S/C11H13NO5S/c1-6-10(11(13)14)18(15,16)8-5-3-4-7(17-2)9(8)12-6/h3-6,10,12H,1-2H3,(H,13,14). The number of carboxylic acids is 1. The summed E-state index contributed by atoms with van der Waals surface area (Å²) in [5.74, 6) is -0.977. The number of aliphatic carboxylic acids is 1. The molecule has 18 heavy (non-hydrogen) atoms. The topological polar surface area (TPSA) is 92.7 Å². The number of fused-ring (bicyclic) bond motifs is 1. The van der Waals surface area contributed by atoms with E-state index in [0.29, 0.717) is 11.4 Å². The first-order chi connectivity index (χ1) is 8.39. The Hall–Kier alpha value is -1.76. The second-order valence-electron chi connectivity index (χ2n) is 4.07. The number of rotatable bonds is 2. The van der Waals surface area contributed by atoms with Crippen LogP contribution in [0.25, 0.3) is 0 Å². The van der Waals surface area contributed by atoms with Crippen molar-refractivity contribution in [3.8, 4) is 5.75 Å². The third-order valence-electron chi connectivity index (χ3n) is 2.92. The number of methoxy groups -OCH3 is 1. The third kappa shape index (κ3) is 1.71. The minimum absolute atomic E-state index is 0.0349. The number of hydrogen-bond donors (Lipinski definition) is 2. The number of carboxylic acid groups (broad SMARTS) is 1. The van der Waals surface area contributed by atoms with Crippen molar-refractivity contribution >= 4 is 21.5 Å². The van der Waals surface area contributed by atoms with Gasteiger partial charge in [-0.2, -0.15) is 0 Å². The largest absolute Gasteiger partial charge is 0.495 e. The Balaban J connectivity index is 2.69. The second-order valence-corrected chi connectivity index (χ2v) is 6.11. The SMILES string of the molecule is COc1cccc2c1NC(C)C(C(=O)O)S2(=O)=O. The van der Waals surface area contributed by atoms with Crippen molar-refractivity contribution in [2.75, 3.05) is 12.4 Å². The van der Waals surface area contributed by atoms with E-state index in [1.165, 1.54) is 26.2 Å². The number of nitrogens with one attached hydrogen (secondary N) is 1. The molecule has 0 amide bonds. The first-order valence-corrected chi connectivity index (χ1v) is 6.84. The minimum atomic E-state index is -3.91. The number of carbonyl (C=O) groups is 1. The van der Waals surface area contributed by atoms with Crippen molar-refractivity contribution in [3.05, 3.63) is 18.2 Å². The summed E-state index contributed by atoms with van der Waals surface area (Å²) in [6, 6.07) is 3.79. The van der Waals surface area contributed by atoms with Crippen LogP contribution < -0.4 is 10.1 Å². The van der Waals surface area contributed by atoms with Gasteiger partial charge in [-0.25, -0.2) is 8.42 Å². The first kappa shape index (κ1) is 12.7. The lowest BCUT2D eigenvalue weighted by Crippen LogP contribution is -2.47. The lowest BCUT2D eigenvalue weighted by molar-refractivity contribution is -0.136. The number of ether oxygens (including phenoxy) is 1. The van der Waals surface area contributed by atoms with E-state index < -0.39 is 27.1 Å². The summed E-state index contributed by atoms with van der Waals surface area (Å²) in [5.41, 5.74) is 0.324. The molecule has 2 rings (SSSR count). The highest BCUT2D eigenvalue weighted by molar-refractivity contribution is 7.93. The average Bonchev–Trinajstić information content (AvgIpc) is 2.27. The van der Waals surface area contributed by atoms with Gasteiger partial charge < -0.3 is 15.2 Å². The Bertz CT molecular complexity index is 595. The van der Waals surface area contributed by atoms with E-state index in [1.54, 1.807) is 6.07 Å². The number of sulfone groups is 1. The Morgan fingerprint density at radius 3 is 2.67 bits per heavy atom. The maximum Gasteiger partial charge on any atom is 0.324 e. The van der Waals surface area contributed by atoms with Crippen molar-refractivity contribution < 1.29 is 23.1 Å². The van der Waals surface area contributed by atoms with E-state index in [-0.39, 0.29) is 4.90 Å². The molecule has 0 aliphatic carbocycles.